The fourth-order valence-electron chi connectivity index (χ4n) is 2.87. The van der Waals surface area contributed by atoms with Gasteiger partial charge >= 0.3 is 0 Å². The number of nitrogens with two attached hydrogens (primary N) is 1. The van der Waals surface area contributed by atoms with E-state index in [0.717, 1.165) is 9.54 Å². The number of imidazole rings is 1. The second-order valence-electron chi connectivity index (χ2n) is 6.57. The Kier molecular flexibility index (Phi) is 4.89. The highest BCUT2D eigenvalue weighted by Crippen LogP contribution is 2.29. The largest absolute Gasteiger partial charge is 0.368 e. The van der Waals surface area contributed by atoms with Gasteiger partial charge in [-0.2, -0.15) is 0 Å². The van der Waals surface area contributed by atoms with E-state index >= 15 is 0 Å². The smallest absolute Gasteiger partial charge is 0.244 e. The second kappa shape index (κ2) is 7.00. The molecular formula is C20H21N3O3S. The van der Waals surface area contributed by atoms with E-state index in [-0.39, 0.29) is 11.7 Å². The number of fused-ring (bicyclic) bond motifs is 1. The molecule has 0 saturated carbocycles. The van der Waals surface area contributed by atoms with Gasteiger partial charge in [0.15, 0.2) is 5.78 Å². The molecule has 0 unspecified atom stereocenters. The molecule has 0 radical (unpaired) electrons. The van der Waals surface area contributed by atoms with Gasteiger partial charge in [-0.05, 0) is 55.7 Å². The standard InChI is InChI=1S/C20H21N3O3S/c1-13(2)27(25,26)23-19-12-16(9-10-18(19)22-20(23)21)17(11-14(3)24)15-7-5-4-6-8-15/h4-13H,1-3H3,(H2,21,22)/b17-11+. The average Bonchev–Trinajstić information content (AvgIpc) is 2.95. The molecule has 0 fully saturated rings. The third-order valence-corrected chi connectivity index (χ3v) is 6.32. The Morgan fingerprint density at radius 2 is 1.78 bits per heavy atom. The lowest BCUT2D eigenvalue weighted by Gasteiger charge is -2.12. The summed E-state index contributed by atoms with van der Waals surface area (Å²) in [5, 5.41) is -0.651. The van der Waals surface area contributed by atoms with Crippen LogP contribution < -0.4 is 5.73 Å². The van der Waals surface area contributed by atoms with Crippen molar-refractivity contribution >= 4 is 38.4 Å². The van der Waals surface area contributed by atoms with E-state index < -0.39 is 15.3 Å². The van der Waals surface area contributed by atoms with Crippen LogP contribution in [0.2, 0.25) is 0 Å². The third kappa shape index (κ3) is 3.50. The maximum Gasteiger partial charge on any atom is 0.244 e. The van der Waals surface area contributed by atoms with E-state index in [1.807, 2.05) is 36.4 Å². The predicted molar refractivity (Wildman–Crippen MR) is 108 cm³/mol. The van der Waals surface area contributed by atoms with E-state index in [1.165, 1.54) is 13.0 Å². The highest BCUT2D eigenvalue weighted by atomic mass is 32.2. The monoisotopic (exact) mass is 383 g/mol. The van der Waals surface area contributed by atoms with Crippen LogP contribution in [0, 0.1) is 0 Å². The van der Waals surface area contributed by atoms with Crippen LogP contribution in [0.25, 0.3) is 16.6 Å². The Hall–Kier alpha value is -2.93. The van der Waals surface area contributed by atoms with Crippen molar-refractivity contribution in [3.8, 4) is 0 Å². The zero-order valence-electron chi connectivity index (χ0n) is 15.4. The van der Waals surface area contributed by atoms with Gasteiger partial charge in [0, 0.05) is 0 Å². The maximum absolute atomic E-state index is 12.7. The van der Waals surface area contributed by atoms with Gasteiger partial charge in [0.2, 0.25) is 16.0 Å². The summed E-state index contributed by atoms with van der Waals surface area (Å²) in [6.45, 7) is 4.66. The number of nitrogens with zero attached hydrogens (tertiary/aromatic N) is 2. The summed E-state index contributed by atoms with van der Waals surface area (Å²) in [7, 11) is -3.68. The van der Waals surface area contributed by atoms with Crippen LogP contribution >= 0.6 is 0 Å². The molecule has 3 aromatic rings. The fraction of sp³-hybridized carbons (Fsp3) is 0.200. The minimum Gasteiger partial charge on any atom is -0.368 e. The normalized spacial score (nSPS) is 12.7. The zero-order chi connectivity index (χ0) is 19.8. The second-order valence-corrected chi connectivity index (χ2v) is 8.90. The number of hydrogen-bond donors (Lipinski definition) is 1. The Balaban J connectivity index is 2.28. The van der Waals surface area contributed by atoms with Crippen LogP contribution in [-0.4, -0.2) is 28.4 Å². The highest BCUT2D eigenvalue weighted by Gasteiger charge is 2.24. The fourth-order valence-corrected chi connectivity index (χ4v) is 4.02. The number of benzene rings is 2. The summed E-state index contributed by atoms with van der Waals surface area (Å²) in [6.07, 6.45) is 1.54. The summed E-state index contributed by atoms with van der Waals surface area (Å²) in [4.78, 5) is 15.9. The molecule has 0 aliphatic carbocycles. The quantitative estimate of drug-likeness (QED) is 0.683. The van der Waals surface area contributed by atoms with E-state index in [1.54, 1.807) is 26.0 Å². The Morgan fingerprint density at radius 3 is 2.37 bits per heavy atom. The van der Waals surface area contributed by atoms with Gasteiger partial charge in [0.1, 0.15) is 0 Å². The molecule has 1 aromatic heterocycles. The Bertz CT molecular complexity index is 1140. The van der Waals surface area contributed by atoms with Gasteiger partial charge in [-0.3, -0.25) is 4.79 Å². The van der Waals surface area contributed by atoms with Crippen molar-refractivity contribution in [1.29, 1.82) is 0 Å². The van der Waals surface area contributed by atoms with E-state index in [2.05, 4.69) is 4.98 Å². The molecule has 140 valence electrons. The van der Waals surface area contributed by atoms with Gasteiger partial charge in [-0.1, -0.05) is 36.4 Å². The molecule has 3 rings (SSSR count). The van der Waals surface area contributed by atoms with Gasteiger partial charge in [0.25, 0.3) is 0 Å². The van der Waals surface area contributed by atoms with Crippen molar-refractivity contribution in [3.63, 3.8) is 0 Å². The topological polar surface area (TPSA) is 95.1 Å². The van der Waals surface area contributed by atoms with Crippen LogP contribution in [-0.2, 0) is 14.8 Å². The average molecular weight is 383 g/mol. The minimum atomic E-state index is -3.68. The highest BCUT2D eigenvalue weighted by molar-refractivity contribution is 7.90. The number of aromatic nitrogens is 2. The molecule has 2 N–H and O–H groups in total. The summed E-state index contributed by atoms with van der Waals surface area (Å²) in [5.74, 6) is -0.176. The van der Waals surface area contributed by atoms with E-state index in [0.29, 0.717) is 22.2 Å². The summed E-state index contributed by atoms with van der Waals surface area (Å²) in [5.41, 5.74) is 9.05. The molecule has 0 saturated heterocycles. The first-order chi connectivity index (χ1) is 12.7. The number of allylic oxidation sites excluding steroid dienone is 1. The first-order valence-corrected chi connectivity index (χ1v) is 10.0. The third-order valence-electron chi connectivity index (χ3n) is 4.23. The minimum absolute atomic E-state index is 0.0762. The van der Waals surface area contributed by atoms with Gasteiger partial charge in [0.05, 0.1) is 16.3 Å². The molecule has 6 nitrogen and oxygen atoms in total. The number of carbonyl (C=O) groups is 1. The molecule has 0 aliphatic heterocycles. The van der Waals surface area contributed by atoms with Crippen LogP contribution in [0.3, 0.4) is 0 Å². The van der Waals surface area contributed by atoms with Crippen LogP contribution in [0.5, 0.6) is 0 Å². The molecule has 0 aliphatic rings. The number of anilines is 1. The first kappa shape index (κ1) is 18.8. The molecule has 0 bridgehead atoms. The summed E-state index contributed by atoms with van der Waals surface area (Å²) in [6, 6.07) is 14.7. The summed E-state index contributed by atoms with van der Waals surface area (Å²) >= 11 is 0. The lowest BCUT2D eigenvalue weighted by atomic mass is 9.96. The van der Waals surface area contributed by atoms with Crippen molar-refractivity contribution in [3.05, 3.63) is 65.7 Å². The van der Waals surface area contributed by atoms with Gasteiger partial charge in [-0.15, -0.1) is 0 Å². The number of hydrogen-bond acceptors (Lipinski definition) is 5. The Morgan fingerprint density at radius 1 is 1.11 bits per heavy atom. The first-order valence-electron chi connectivity index (χ1n) is 8.52. The Labute approximate surface area is 158 Å². The van der Waals surface area contributed by atoms with Crippen molar-refractivity contribution in [2.75, 3.05) is 5.73 Å². The summed E-state index contributed by atoms with van der Waals surface area (Å²) < 4.78 is 26.5. The maximum atomic E-state index is 12.7. The van der Waals surface area contributed by atoms with Crippen molar-refractivity contribution in [2.24, 2.45) is 0 Å². The number of carbonyl (C=O) groups excluding carboxylic acids is 1. The van der Waals surface area contributed by atoms with Crippen molar-refractivity contribution < 1.29 is 13.2 Å². The molecule has 7 heteroatoms. The van der Waals surface area contributed by atoms with Crippen molar-refractivity contribution in [2.45, 2.75) is 26.0 Å². The predicted octanol–water partition coefficient (Wildman–Crippen LogP) is 3.23. The molecular weight excluding hydrogens is 362 g/mol. The van der Waals surface area contributed by atoms with Crippen molar-refractivity contribution in [1.82, 2.24) is 8.96 Å². The van der Waals surface area contributed by atoms with E-state index in [9.17, 15) is 13.2 Å². The molecule has 0 amide bonds. The zero-order valence-corrected chi connectivity index (χ0v) is 16.2. The van der Waals surface area contributed by atoms with Gasteiger partial charge in [-0.25, -0.2) is 17.4 Å². The van der Waals surface area contributed by atoms with Crippen LogP contribution in [0.1, 0.15) is 31.9 Å². The number of nitrogen functional groups attached to an aromatic ring is 1. The molecule has 0 atom stereocenters. The molecule has 0 spiro atoms. The number of rotatable bonds is 5. The lowest BCUT2D eigenvalue weighted by Crippen LogP contribution is -2.23. The molecule has 1 heterocycles. The lowest BCUT2D eigenvalue weighted by molar-refractivity contribution is -0.112. The van der Waals surface area contributed by atoms with E-state index in [4.69, 9.17) is 5.73 Å². The SMILES string of the molecule is CC(=O)/C=C(\c1ccccc1)c1ccc2nc(N)n(S(=O)(=O)C(C)C)c2c1. The number of ketones is 1. The molecule has 2 aromatic carbocycles. The molecule has 27 heavy (non-hydrogen) atoms. The van der Waals surface area contributed by atoms with Crippen LogP contribution in [0.4, 0.5) is 5.95 Å². The van der Waals surface area contributed by atoms with Crippen LogP contribution in [0.15, 0.2) is 54.6 Å². The van der Waals surface area contributed by atoms with Gasteiger partial charge < -0.3 is 5.73 Å².